The molecular formula is C21H21Cl2N5O4. The molecule has 1 aromatic carbocycles. The van der Waals surface area contributed by atoms with Crippen molar-refractivity contribution < 1.29 is 14.6 Å². The number of carbonyl (C=O) groups is 1. The Kier molecular flexibility index (Phi) is 6.12. The highest BCUT2D eigenvalue weighted by atomic mass is 35.5. The zero-order chi connectivity index (χ0) is 23.0. The number of ether oxygens (including phenoxy) is 1. The summed E-state index contributed by atoms with van der Waals surface area (Å²) in [7, 11) is 1.59. The Hall–Kier alpha value is -3.04. The predicted molar refractivity (Wildman–Crippen MR) is 122 cm³/mol. The smallest absolute Gasteiger partial charge is 0.407 e. The molecule has 0 unspecified atom stereocenters. The largest absolute Gasteiger partial charge is 0.497 e. The number of piperazine rings is 1. The molecule has 0 spiro atoms. The molecule has 0 aliphatic carbocycles. The first-order valence-corrected chi connectivity index (χ1v) is 10.7. The zero-order valence-electron chi connectivity index (χ0n) is 17.5. The summed E-state index contributed by atoms with van der Waals surface area (Å²) in [5.41, 5.74) is 0.736. The summed E-state index contributed by atoms with van der Waals surface area (Å²) in [6, 6.07) is 8.79. The number of hydrogen-bond acceptors (Lipinski definition) is 6. The van der Waals surface area contributed by atoms with E-state index in [4.69, 9.17) is 27.9 Å². The molecule has 1 atom stereocenters. The maximum absolute atomic E-state index is 13.1. The van der Waals surface area contributed by atoms with Gasteiger partial charge in [0, 0.05) is 25.7 Å². The number of rotatable bonds is 4. The molecule has 1 N–H and O–H groups in total. The number of nitrogens with zero attached hydrogens (tertiary/aromatic N) is 5. The minimum atomic E-state index is -0.972. The van der Waals surface area contributed by atoms with Crippen LogP contribution < -0.4 is 15.3 Å². The molecule has 0 bridgehead atoms. The third-order valence-corrected chi connectivity index (χ3v) is 6.18. The Morgan fingerprint density at radius 2 is 1.94 bits per heavy atom. The molecule has 1 saturated heterocycles. The summed E-state index contributed by atoms with van der Waals surface area (Å²) in [6.45, 7) is 3.10. The fraction of sp³-hybridized carbons (Fsp3) is 0.333. The molecule has 1 fully saturated rings. The number of methoxy groups -OCH3 is 1. The summed E-state index contributed by atoms with van der Waals surface area (Å²) in [4.78, 5) is 36.4. The number of amides is 1. The van der Waals surface area contributed by atoms with Gasteiger partial charge in [-0.15, -0.1) is 0 Å². The van der Waals surface area contributed by atoms with E-state index in [1.165, 1.54) is 9.47 Å². The average Bonchev–Trinajstić information content (AvgIpc) is 2.77. The van der Waals surface area contributed by atoms with Gasteiger partial charge in [0.1, 0.15) is 22.4 Å². The summed E-state index contributed by atoms with van der Waals surface area (Å²) in [6.07, 6.45) is -0.972. The fourth-order valence-corrected chi connectivity index (χ4v) is 4.14. The van der Waals surface area contributed by atoms with Crippen LogP contribution in [0.3, 0.4) is 0 Å². The highest BCUT2D eigenvalue weighted by molar-refractivity contribution is 6.41. The number of pyridine rings is 1. The Balaban J connectivity index is 1.80. The SMILES string of the molecule is COc1ccc(Cn2c(=O)nc(N3CCN(C(=O)O)C[C@@H]3C)c3cc(Cl)c(Cl)nc32)cc1. The molecule has 168 valence electrons. The third-order valence-electron chi connectivity index (χ3n) is 5.51. The Labute approximate surface area is 193 Å². The summed E-state index contributed by atoms with van der Waals surface area (Å²) >= 11 is 12.5. The fourth-order valence-electron chi connectivity index (χ4n) is 3.85. The van der Waals surface area contributed by atoms with Gasteiger partial charge in [-0.1, -0.05) is 35.3 Å². The highest BCUT2D eigenvalue weighted by Gasteiger charge is 2.29. The van der Waals surface area contributed by atoms with Crippen LogP contribution in [-0.2, 0) is 6.54 Å². The number of halogens is 2. The number of carboxylic acid groups (broad SMARTS) is 1. The third kappa shape index (κ3) is 4.18. The van der Waals surface area contributed by atoms with E-state index in [0.29, 0.717) is 42.2 Å². The molecule has 32 heavy (non-hydrogen) atoms. The maximum atomic E-state index is 13.1. The Morgan fingerprint density at radius 3 is 2.56 bits per heavy atom. The van der Waals surface area contributed by atoms with Crippen molar-refractivity contribution in [1.82, 2.24) is 19.4 Å². The van der Waals surface area contributed by atoms with Gasteiger partial charge in [0.15, 0.2) is 0 Å². The van der Waals surface area contributed by atoms with Crippen LogP contribution in [0.25, 0.3) is 11.0 Å². The first kappa shape index (κ1) is 22.2. The molecule has 3 aromatic rings. The summed E-state index contributed by atoms with van der Waals surface area (Å²) < 4.78 is 6.63. The van der Waals surface area contributed by atoms with Crippen molar-refractivity contribution in [2.75, 3.05) is 31.6 Å². The van der Waals surface area contributed by atoms with Gasteiger partial charge in [-0.05, 0) is 30.7 Å². The lowest BCUT2D eigenvalue weighted by Gasteiger charge is -2.39. The second kappa shape index (κ2) is 8.84. The van der Waals surface area contributed by atoms with Crippen molar-refractivity contribution >= 4 is 46.1 Å². The lowest BCUT2D eigenvalue weighted by atomic mass is 10.1. The molecule has 1 aliphatic heterocycles. The topological polar surface area (TPSA) is 101 Å². The van der Waals surface area contributed by atoms with E-state index < -0.39 is 11.8 Å². The molecular weight excluding hydrogens is 457 g/mol. The molecule has 3 heterocycles. The van der Waals surface area contributed by atoms with Crippen molar-refractivity contribution in [3.05, 3.63) is 56.6 Å². The van der Waals surface area contributed by atoms with E-state index in [1.54, 1.807) is 13.2 Å². The number of aromatic nitrogens is 3. The van der Waals surface area contributed by atoms with Gasteiger partial charge in [0.2, 0.25) is 0 Å². The van der Waals surface area contributed by atoms with Gasteiger partial charge in [0.25, 0.3) is 0 Å². The van der Waals surface area contributed by atoms with E-state index in [2.05, 4.69) is 9.97 Å². The number of benzene rings is 1. The van der Waals surface area contributed by atoms with Crippen molar-refractivity contribution in [3.8, 4) is 5.75 Å². The lowest BCUT2D eigenvalue weighted by Crippen LogP contribution is -2.54. The van der Waals surface area contributed by atoms with E-state index in [-0.39, 0.29) is 22.8 Å². The van der Waals surface area contributed by atoms with Crippen molar-refractivity contribution in [2.45, 2.75) is 19.5 Å². The summed E-state index contributed by atoms with van der Waals surface area (Å²) in [5.74, 6) is 1.13. The Bertz CT molecular complexity index is 1230. The zero-order valence-corrected chi connectivity index (χ0v) is 19.0. The maximum Gasteiger partial charge on any atom is 0.407 e. The normalized spacial score (nSPS) is 16.4. The molecule has 1 aliphatic rings. The number of fused-ring (bicyclic) bond motifs is 1. The minimum absolute atomic E-state index is 0.0861. The van der Waals surface area contributed by atoms with E-state index >= 15 is 0 Å². The highest BCUT2D eigenvalue weighted by Crippen LogP contribution is 2.31. The standard InChI is InChI=1S/C21H21Cl2N5O4/c1-12-10-26(21(30)31)7-8-27(12)19-15-9-16(22)17(23)24-18(15)28(20(29)25-19)11-13-3-5-14(32-2)6-4-13/h3-6,9,12H,7-8,10-11H2,1-2H3,(H,30,31)/t12-/m0/s1. The molecule has 11 heteroatoms. The van der Waals surface area contributed by atoms with E-state index in [1.807, 2.05) is 36.1 Å². The quantitative estimate of drug-likeness (QED) is 0.574. The van der Waals surface area contributed by atoms with Crippen LogP contribution in [0.4, 0.5) is 10.6 Å². The van der Waals surface area contributed by atoms with Gasteiger partial charge in [-0.25, -0.2) is 14.6 Å². The van der Waals surface area contributed by atoms with Crippen molar-refractivity contribution in [2.24, 2.45) is 0 Å². The second-order valence-electron chi connectivity index (χ2n) is 7.56. The Morgan fingerprint density at radius 1 is 1.22 bits per heavy atom. The molecule has 9 nitrogen and oxygen atoms in total. The first-order valence-electron chi connectivity index (χ1n) is 9.92. The van der Waals surface area contributed by atoms with Gasteiger partial charge < -0.3 is 19.6 Å². The molecule has 0 saturated carbocycles. The van der Waals surface area contributed by atoms with E-state index in [9.17, 15) is 14.7 Å². The van der Waals surface area contributed by atoms with Crippen LogP contribution in [0.1, 0.15) is 12.5 Å². The second-order valence-corrected chi connectivity index (χ2v) is 8.32. The van der Waals surface area contributed by atoms with Crippen molar-refractivity contribution in [3.63, 3.8) is 0 Å². The number of hydrogen-bond donors (Lipinski definition) is 1. The number of anilines is 1. The molecule has 2 aromatic heterocycles. The minimum Gasteiger partial charge on any atom is -0.497 e. The summed E-state index contributed by atoms with van der Waals surface area (Å²) in [5, 5.41) is 10.2. The van der Waals surface area contributed by atoms with Crippen LogP contribution in [0.15, 0.2) is 35.1 Å². The van der Waals surface area contributed by atoms with Crippen LogP contribution in [0, 0.1) is 0 Å². The molecule has 1 amide bonds. The van der Waals surface area contributed by atoms with Gasteiger partial charge in [-0.2, -0.15) is 4.98 Å². The van der Waals surface area contributed by atoms with Crippen LogP contribution >= 0.6 is 23.2 Å². The monoisotopic (exact) mass is 477 g/mol. The van der Waals surface area contributed by atoms with Crippen molar-refractivity contribution in [1.29, 1.82) is 0 Å². The first-order chi connectivity index (χ1) is 15.3. The van der Waals surface area contributed by atoms with Crippen LogP contribution in [0.5, 0.6) is 5.75 Å². The van der Waals surface area contributed by atoms with Crippen LogP contribution in [0.2, 0.25) is 10.2 Å². The predicted octanol–water partition coefficient (Wildman–Crippen LogP) is 3.34. The molecule has 0 radical (unpaired) electrons. The van der Waals surface area contributed by atoms with Crippen LogP contribution in [-0.4, -0.2) is 63.4 Å². The van der Waals surface area contributed by atoms with Gasteiger partial charge in [-0.3, -0.25) is 4.57 Å². The average molecular weight is 478 g/mol. The lowest BCUT2D eigenvalue weighted by molar-refractivity contribution is 0.136. The van der Waals surface area contributed by atoms with Gasteiger partial charge in [0.05, 0.1) is 24.1 Å². The molecule has 4 rings (SSSR count). The van der Waals surface area contributed by atoms with E-state index in [0.717, 1.165) is 5.56 Å². The van der Waals surface area contributed by atoms with Gasteiger partial charge >= 0.3 is 11.8 Å².